The molecule has 0 spiro atoms. The van der Waals surface area contributed by atoms with Crippen molar-refractivity contribution in [1.82, 2.24) is 9.80 Å². The SMILES string of the molecule is CC(C)C(=O)N(C[C@@H]1CN(Cc2ccc3c(c2)OCO3)C[C@@H]1c1ccc(F)cc1)C(C)C. The molecule has 5 nitrogen and oxygen atoms in total. The Morgan fingerprint density at radius 2 is 1.78 bits per heavy atom. The number of benzene rings is 2. The molecule has 0 radical (unpaired) electrons. The van der Waals surface area contributed by atoms with Gasteiger partial charge in [0, 0.05) is 44.1 Å². The highest BCUT2D eigenvalue weighted by molar-refractivity contribution is 5.78. The van der Waals surface area contributed by atoms with Gasteiger partial charge < -0.3 is 14.4 Å². The van der Waals surface area contributed by atoms with Crippen LogP contribution < -0.4 is 9.47 Å². The van der Waals surface area contributed by atoms with Gasteiger partial charge in [-0.25, -0.2) is 4.39 Å². The topological polar surface area (TPSA) is 42.0 Å². The first-order chi connectivity index (χ1) is 15.3. The number of amides is 1. The molecule has 2 aliphatic heterocycles. The average Bonchev–Trinajstić information content (AvgIpc) is 3.38. The Bertz CT molecular complexity index is 945. The van der Waals surface area contributed by atoms with Crippen LogP contribution in [-0.2, 0) is 11.3 Å². The Balaban J connectivity index is 1.54. The fourth-order valence-electron chi connectivity index (χ4n) is 4.80. The van der Waals surface area contributed by atoms with Gasteiger partial charge in [0.05, 0.1) is 0 Å². The molecule has 0 aromatic heterocycles. The molecule has 0 N–H and O–H groups in total. The molecular weight excluding hydrogens is 407 g/mol. The normalized spacial score (nSPS) is 20.3. The number of carbonyl (C=O) groups is 1. The van der Waals surface area contributed by atoms with Crippen molar-refractivity contribution in [2.24, 2.45) is 11.8 Å². The largest absolute Gasteiger partial charge is 0.454 e. The molecule has 2 heterocycles. The van der Waals surface area contributed by atoms with E-state index in [-0.39, 0.29) is 42.3 Å². The molecule has 2 aromatic rings. The third-order valence-electron chi connectivity index (χ3n) is 6.49. The first-order valence-electron chi connectivity index (χ1n) is 11.5. The summed E-state index contributed by atoms with van der Waals surface area (Å²) in [7, 11) is 0. The van der Waals surface area contributed by atoms with Crippen LogP contribution in [0.1, 0.15) is 44.7 Å². The summed E-state index contributed by atoms with van der Waals surface area (Å²) < 4.78 is 24.5. The fraction of sp³-hybridized carbons (Fsp3) is 0.500. The van der Waals surface area contributed by atoms with E-state index in [1.165, 1.54) is 17.7 Å². The monoisotopic (exact) mass is 440 g/mol. The minimum absolute atomic E-state index is 0.0344. The van der Waals surface area contributed by atoms with Gasteiger partial charge in [0.2, 0.25) is 12.7 Å². The van der Waals surface area contributed by atoms with Crippen LogP contribution in [0.3, 0.4) is 0 Å². The molecule has 2 atom stereocenters. The van der Waals surface area contributed by atoms with E-state index in [9.17, 15) is 9.18 Å². The van der Waals surface area contributed by atoms with E-state index in [1.54, 1.807) is 0 Å². The zero-order valence-corrected chi connectivity index (χ0v) is 19.4. The van der Waals surface area contributed by atoms with E-state index in [1.807, 2.05) is 43.0 Å². The van der Waals surface area contributed by atoms with Gasteiger partial charge in [0.15, 0.2) is 11.5 Å². The summed E-state index contributed by atoms with van der Waals surface area (Å²) in [5.41, 5.74) is 2.30. The second-order valence-corrected chi connectivity index (χ2v) is 9.54. The molecule has 172 valence electrons. The summed E-state index contributed by atoms with van der Waals surface area (Å²) in [5, 5.41) is 0. The van der Waals surface area contributed by atoms with Gasteiger partial charge in [-0.1, -0.05) is 32.0 Å². The van der Waals surface area contributed by atoms with Gasteiger partial charge in [0.1, 0.15) is 5.82 Å². The maximum Gasteiger partial charge on any atom is 0.231 e. The van der Waals surface area contributed by atoms with E-state index >= 15 is 0 Å². The van der Waals surface area contributed by atoms with Gasteiger partial charge >= 0.3 is 0 Å². The average molecular weight is 441 g/mol. The lowest BCUT2D eigenvalue weighted by atomic mass is 9.88. The molecule has 4 rings (SSSR count). The minimum atomic E-state index is -0.223. The zero-order chi connectivity index (χ0) is 22.8. The van der Waals surface area contributed by atoms with Crippen LogP contribution in [0.4, 0.5) is 4.39 Å². The van der Waals surface area contributed by atoms with E-state index in [0.29, 0.717) is 6.54 Å². The number of hydrogen-bond donors (Lipinski definition) is 0. The van der Waals surface area contributed by atoms with Crippen molar-refractivity contribution in [2.75, 3.05) is 26.4 Å². The highest BCUT2D eigenvalue weighted by Crippen LogP contribution is 2.37. The summed E-state index contributed by atoms with van der Waals surface area (Å²) in [5.74, 6) is 2.03. The lowest BCUT2D eigenvalue weighted by molar-refractivity contribution is -0.136. The summed E-state index contributed by atoms with van der Waals surface area (Å²) in [6.45, 7) is 11.6. The molecule has 2 aromatic carbocycles. The van der Waals surface area contributed by atoms with Crippen LogP contribution in [-0.4, -0.2) is 48.2 Å². The number of hydrogen-bond acceptors (Lipinski definition) is 4. The lowest BCUT2D eigenvalue weighted by Gasteiger charge is -2.33. The van der Waals surface area contributed by atoms with Crippen LogP contribution in [0, 0.1) is 17.7 Å². The summed E-state index contributed by atoms with van der Waals surface area (Å²) in [4.78, 5) is 17.3. The molecule has 1 saturated heterocycles. The van der Waals surface area contributed by atoms with Gasteiger partial charge in [-0.15, -0.1) is 0 Å². The Kier molecular flexibility index (Phi) is 6.70. The highest BCUT2D eigenvalue weighted by Gasteiger charge is 2.36. The van der Waals surface area contributed by atoms with Crippen molar-refractivity contribution in [3.8, 4) is 11.5 Å². The van der Waals surface area contributed by atoms with Gasteiger partial charge in [-0.2, -0.15) is 0 Å². The van der Waals surface area contributed by atoms with Crippen molar-refractivity contribution in [2.45, 2.75) is 46.2 Å². The number of rotatable bonds is 7. The predicted molar refractivity (Wildman–Crippen MR) is 122 cm³/mol. The fourth-order valence-corrected chi connectivity index (χ4v) is 4.80. The van der Waals surface area contributed by atoms with Gasteiger partial charge in [-0.05, 0) is 55.2 Å². The van der Waals surface area contributed by atoms with Gasteiger partial charge in [-0.3, -0.25) is 9.69 Å². The quantitative estimate of drug-likeness (QED) is 0.628. The first-order valence-corrected chi connectivity index (χ1v) is 11.5. The molecule has 6 heteroatoms. The van der Waals surface area contributed by atoms with Crippen LogP contribution in [0.25, 0.3) is 0 Å². The first kappa shape index (κ1) is 22.6. The molecule has 32 heavy (non-hydrogen) atoms. The number of carbonyl (C=O) groups excluding carboxylic acids is 1. The maximum absolute atomic E-state index is 13.6. The van der Waals surface area contributed by atoms with Crippen LogP contribution in [0.2, 0.25) is 0 Å². The van der Waals surface area contributed by atoms with Crippen molar-refractivity contribution < 1.29 is 18.7 Å². The van der Waals surface area contributed by atoms with E-state index in [0.717, 1.165) is 36.7 Å². The van der Waals surface area contributed by atoms with Crippen molar-refractivity contribution in [1.29, 1.82) is 0 Å². The molecule has 1 amide bonds. The van der Waals surface area contributed by atoms with Gasteiger partial charge in [0.25, 0.3) is 0 Å². The molecule has 0 aliphatic carbocycles. The van der Waals surface area contributed by atoms with E-state index < -0.39 is 0 Å². The smallest absolute Gasteiger partial charge is 0.231 e. The maximum atomic E-state index is 13.6. The molecule has 0 saturated carbocycles. The summed E-state index contributed by atoms with van der Waals surface area (Å²) in [6.07, 6.45) is 0. The third-order valence-corrected chi connectivity index (χ3v) is 6.49. The number of nitrogens with zero attached hydrogens (tertiary/aromatic N) is 2. The number of ether oxygens (including phenoxy) is 2. The standard InChI is InChI=1S/C26H33FN2O3/c1-17(2)26(30)29(18(3)4)14-21-13-28(15-23(21)20-6-8-22(27)9-7-20)12-19-5-10-24-25(11-19)32-16-31-24/h5-11,17-18,21,23H,12-16H2,1-4H3/t21-,23+/m0/s1. The Labute approximate surface area is 190 Å². The predicted octanol–water partition coefficient (Wildman–Crippen LogP) is 4.66. The summed E-state index contributed by atoms with van der Waals surface area (Å²) in [6, 6.07) is 13.1. The minimum Gasteiger partial charge on any atom is -0.454 e. The van der Waals surface area contributed by atoms with Crippen molar-refractivity contribution in [3.63, 3.8) is 0 Å². The second kappa shape index (κ2) is 9.49. The Hall–Kier alpha value is -2.60. The Morgan fingerprint density at radius 3 is 2.47 bits per heavy atom. The highest BCUT2D eigenvalue weighted by atomic mass is 19.1. The second-order valence-electron chi connectivity index (χ2n) is 9.54. The van der Waals surface area contributed by atoms with Crippen LogP contribution in [0.5, 0.6) is 11.5 Å². The lowest BCUT2D eigenvalue weighted by Crippen LogP contribution is -2.43. The van der Waals surface area contributed by atoms with E-state index in [4.69, 9.17) is 9.47 Å². The van der Waals surface area contributed by atoms with Crippen molar-refractivity contribution in [3.05, 3.63) is 59.4 Å². The van der Waals surface area contributed by atoms with Crippen LogP contribution in [0.15, 0.2) is 42.5 Å². The van der Waals surface area contributed by atoms with Crippen LogP contribution >= 0.6 is 0 Å². The third kappa shape index (κ3) is 4.90. The molecule has 0 bridgehead atoms. The zero-order valence-electron chi connectivity index (χ0n) is 19.4. The number of fused-ring (bicyclic) bond motifs is 1. The van der Waals surface area contributed by atoms with Crippen molar-refractivity contribution >= 4 is 5.91 Å². The molecular formula is C26H33FN2O3. The number of likely N-dealkylation sites (tertiary alicyclic amines) is 1. The summed E-state index contributed by atoms with van der Waals surface area (Å²) >= 11 is 0. The molecule has 1 fully saturated rings. The Morgan fingerprint density at radius 1 is 1.06 bits per heavy atom. The molecule has 2 aliphatic rings. The molecule has 0 unspecified atom stereocenters. The number of halogens is 1. The van der Waals surface area contributed by atoms with E-state index in [2.05, 4.69) is 24.8 Å².